The number of benzene rings is 1. The molecule has 0 bridgehead atoms. The number of halogens is 4. The number of alkyl halides is 3. The molecule has 1 amide bonds. The highest BCUT2D eigenvalue weighted by molar-refractivity contribution is 6.03. The van der Waals surface area contributed by atoms with E-state index in [2.05, 4.69) is 17.2 Å². The molecular weight excluding hydrogens is 482 g/mol. The zero-order valence-corrected chi connectivity index (χ0v) is 19.8. The van der Waals surface area contributed by atoms with Gasteiger partial charge in [0, 0.05) is 30.3 Å². The van der Waals surface area contributed by atoms with Crippen molar-refractivity contribution in [2.75, 3.05) is 36.5 Å². The van der Waals surface area contributed by atoms with Gasteiger partial charge in [-0.1, -0.05) is 6.92 Å². The summed E-state index contributed by atoms with van der Waals surface area (Å²) in [6.45, 7) is 4.46. The van der Waals surface area contributed by atoms with Crippen molar-refractivity contribution in [2.24, 2.45) is 16.7 Å². The van der Waals surface area contributed by atoms with Crippen molar-refractivity contribution in [3.05, 3.63) is 35.5 Å². The maximum atomic E-state index is 14.7. The van der Waals surface area contributed by atoms with Crippen LogP contribution in [0, 0.1) is 22.6 Å². The minimum atomic E-state index is -4.59. The van der Waals surface area contributed by atoms with Crippen molar-refractivity contribution in [3.8, 4) is 5.75 Å². The normalized spacial score (nSPS) is 28.2. The second-order valence-corrected chi connectivity index (χ2v) is 11.1. The van der Waals surface area contributed by atoms with Gasteiger partial charge in [-0.2, -0.15) is 18.2 Å². The van der Waals surface area contributed by atoms with Gasteiger partial charge in [0.15, 0.2) is 17.3 Å². The fraction of sp³-hybridized carbons (Fsp3) is 0.600. The van der Waals surface area contributed by atoms with E-state index in [1.54, 1.807) is 4.90 Å². The van der Waals surface area contributed by atoms with Gasteiger partial charge in [-0.3, -0.25) is 4.79 Å². The Kier molecular flexibility index (Phi) is 5.30. The number of amides is 1. The van der Waals surface area contributed by atoms with Crippen LogP contribution in [-0.2, 0) is 11.2 Å². The van der Waals surface area contributed by atoms with Crippen LogP contribution < -0.4 is 15.0 Å². The van der Waals surface area contributed by atoms with Crippen molar-refractivity contribution in [1.82, 2.24) is 4.98 Å². The number of carbonyl (C=O) groups is 1. The third kappa shape index (κ3) is 4.42. The lowest BCUT2D eigenvalue weighted by Crippen LogP contribution is -2.44. The van der Waals surface area contributed by atoms with Gasteiger partial charge >= 0.3 is 6.18 Å². The van der Waals surface area contributed by atoms with Crippen LogP contribution in [0.2, 0.25) is 0 Å². The third-order valence-electron chi connectivity index (χ3n) is 8.05. The number of nitrogens with zero attached hydrogens (tertiary/aromatic N) is 2. The molecule has 36 heavy (non-hydrogen) atoms. The Bertz CT molecular complexity index is 1190. The highest BCUT2D eigenvalue weighted by Crippen LogP contribution is 2.63. The SMILES string of the molecule is C[C@]12CC(Oc3ccc(NC(=O)c4nc(N5CCC6(COC6)C5)oc4CC(F)(F)F)cc3F)CC1C2. The van der Waals surface area contributed by atoms with E-state index < -0.39 is 35.8 Å². The Hall–Kier alpha value is -2.82. The molecule has 4 fully saturated rings. The number of hydrogen-bond donors (Lipinski definition) is 1. The van der Waals surface area contributed by atoms with Crippen LogP contribution in [0.5, 0.6) is 5.75 Å². The molecule has 4 aliphatic rings. The monoisotopic (exact) mass is 509 g/mol. The summed E-state index contributed by atoms with van der Waals surface area (Å²) < 4.78 is 70.8. The van der Waals surface area contributed by atoms with Gasteiger partial charge in [-0.15, -0.1) is 0 Å². The zero-order chi connectivity index (χ0) is 25.3. The summed E-state index contributed by atoms with van der Waals surface area (Å²) in [5.74, 6) is -1.40. The maximum absolute atomic E-state index is 14.7. The molecule has 11 heteroatoms. The molecule has 2 saturated carbocycles. The van der Waals surface area contributed by atoms with Crippen LogP contribution in [-0.4, -0.2) is 49.5 Å². The molecule has 7 nitrogen and oxygen atoms in total. The molecule has 2 aliphatic carbocycles. The average molecular weight is 510 g/mol. The molecule has 6 rings (SSSR count). The summed E-state index contributed by atoms with van der Waals surface area (Å²) in [4.78, 5) is 18.7. The van der Waals surface area contributed by atoms with Crippen molar-refractivity contribution in [2.45, 2.75) is 51.3 Å². The third-order valence-corrected chi connectivity index (χ3v) is 8.05. The number of rotatable bonds is 6. The Morgan fingerprint density at radius 1 is 1.31 bits per heavy atom. The standard InChI is InChI=1S/C25H27F4N3O4/c1-23-8-14(23)6-16(9-23)35-18-3-2-15(7-17(18)26)30-21(33)20-19(10-25(27,28)29)36-22(31-20)32-5-4-24(11-32)12-34-13-24/h2-3,7,14,16H,4-6,8-13H2,1H3,(H,30,33)/t14?,16?,23-/m0/s1. The molecule has 1 N–H and O–H groups in total. The lowest BCUT2D eigenvalue weighted by molar-refractivity contribution is -0.130. The summed E-state index contributed by atoms with van der Waals surface area (Å²) in [6, 6.07) is 3.95. The summed E-state index contributed by atoms with van der Waals surface area (Å²) in [5.41, 5.74) is -0.118. The van der Waals surface area contributed by atoms with E-state index in [1.165, 1.54) is 18.6 Å². The Labute approximate surface area is 205 Å². The number of oxazole rings is 1. The fourth-order valence-corrected chi connectivity index (χ4v) is 5.86. The highest BCUT2D eigenvalue weighted by Gasteiger charge is 2.57. The molecule has 3 heterocycles. The van der Waals surface area contributed by atoms with Crippen molar-refractivity contribution >= 4 is 17.6 Å². The van der Waals surface area contributed by atoms with Gasteiger partial charge in [0.1, 0.15) is 12.2 Å². The Balaban J connectivity index is 1.17. The second kappa shape index (κ2) is 8.09. The van der Waals surface area contributed by atoms with Crippen LogP contribution in [0.25, 0.3) is 0 Å². The lowest BCUT2D eigenvalue weighted by atomic mass is 9.85. The van der Waals surface area contributed by atoms with Gasteiger partial charge in [0.2, 0.25) is 0 Å². The minimum absolute atomic E-state index is 0.0265. The topological polar surface area (TPSA) is 76.8 Å². The summed E-state index contributed by atoms with van der Waals surface area (Å²) in [6.07, 6.45) is -2.30. The Morgan fingerprint density at radius 2 is 2.11 bits per heavy atom. The zero-order valence-electron chi connectivity index (χ0n) is 19.8. The molecule has 1 aromatic carbocycles. The van der Waals surface area contributed by atoms with Gasteiger partial charge in [-0.25, -0.2) is 4.39 Å². The van der Waals surface area contributed by atoms with Crippen LogP contribution in [0.4, 0.5) is 29.3 Å². The number of carbonyl (C=O) groups excluding carboxylic acids is 1. The van der Waals surface area contributed by atoms with Crippen LogP contribution in [0.3, 0.4) is 0 Å². The van der Waals surface area contributed by atoms with E-state index in [0.29, 0.717) is 37.6 Å². The first kappa shape index (κ1) is 23.6. The average Bonchev–Trinajstić information content (AvgIpc) is 3.17. The fourth-order valence-electron chi connectivity index (χ4n) is 5.86. The molecule has 3 atom stereocenters. The molecule has 2 aliphatic heterocycles. The predicted octanol–water partition coefficient (Wildman–Crippen LogP) is 4.96. The van der Waals surface area contributed by atoms with E-state index in [9.17, 15) is 22.4 Å². The molecule has 0 radical (unpaired) electrons. The molecule has 2 saturated heterocycles. The van der Waals surface area contributed by atoms with Crippen LogP contribution in [0.15, 0.2) is 22.6 Å². The van der Waals surface area contributed by atoms with Crippen LogP contribution in [0.1, 0.15) is 48.9 Å². The van der Waals surface area contributed by atoms with E-state index in [0.717, 1.165) is 25.3 Å². The molecule has 1 spiro atoms. The second-order valence-electron chi connectivity index (χ2n) is 11.1. The molecule has 194 valence electrons. The van der Waals surface area contributed by atoms with Gasteiger partial charge < -0.3 is 24.1 Å². The highest BCUT2D eigenvalue weighted by atomic mass is 19.4. The number of aromatic nitrogens is 1. The Morgan fingerprint density at radius 3 is 2.72 bits per heavy atom. The summed E-state index contributed by atoms with van der Waals surface area (Å²) >= 11 is 0. The van der Waals surface area contributed by atoms with E-state index in [1.807, 2.05) is 0 Å². The van der Waals surface area contributed by atoms with Crippen molar-refractivity contribution < 1.29 is 36.2 Å². The first-order valence-corrected chi connectivity index (χ1v) is 12.2. The van der Waals surface area contributed by atoms with E-state index in [-0.39, 0.29) is 29.0 Å². The van der Waals surface area contributed by atoms with E-state index >= 15 is 0 Å². The first-order chi connectivity index (χ1) is 17.0. The van der Waals surface area contributed by atoms with Gasteiger partial charge in [0.25, 0.3) is 11.9 Å². The molecule has 1 aromatic heterocycles. The molecular formula is C25H27F4N3O4. The van der Waals surface area contributed by atoms with Crippen LogP contribution >= 0.6 is 0 Å². The van der Waals surface area contributed by atoms with E-state index in [4.69, 9.17) is 13.9 Å². The number of ether oxygens (including phenoxy) is 2. The first-order valence-electron chi connectivity index (χ1n) is 12.2. The number of nitrogens with one attached hydrogen (secondary N) is 1. The maximum Gasteiger partial charge on any atom is 0.396 e. The van der Waals surface area contributed by atoms with Gasteiger partial charge in [0.05, 0.1) is 19.3 Å². The van der Waals surface area contributed by atoms with Crippen molar-refractivity contribution in [3.63, 3.8) is 0 Å². The molecule has 2 aromatic rings. The van der Waals surface area contributed by atoms with Crippen molar-refractivity contribution in [1.29, 1.82) is 0 Å². The lowest BCUT2D eigenvalue weighted by Gasteiger charge is -2.37. The minimum Gasteiger partial charge on any atom is -0.487 e. The predicted molar refractivity (Wildman–Crippen MR) is 121 cm³/mol. The van der Waals surface area contributed by atoms with Gasteiger partial charge in [-0.05, 0) is 49.1 Å². The number of anilines is 2. The summed E-state index contributed by atoms with van der Waals surface area (Å²) in [5, 5.41) is 2.45. The number of fused-ring (bicyclic) bond motifs is 1. The molecule has 2 unspecified atom stereocenters. The largest absolute Gasteiger partial charge is 0.487 e. The summed E-state index contributed by atoms with van der Waals surface area (Å²) in [7, 11) is 0. The smallest absolute Gasteiger partial charge is 0.396 e. The quantitative estimate of drug-likeness (QED) is 0.555. The number of hydrogen-bond acceptors (Lipinski definition) is 6.